The second-order valence-electron chi connectivity index (χ2n) is 8.68. The molecule has 2 aromatic rings. The van der Waals surface area contributed by atoms with Crippen LogP contribution < -0.4 is 4.74 Å². The highest BCUT2D eigenvalue weighted by Crippen LogP contribution is 2.29. The lowest BCUT2D eigenvalue weighted by molar-refractivity contribution is -0.142. The molecule has 2 atom stereocenters. The summed E-state index contributed by atoms with van der Waals surface area (Å²) in [5.74, 6) is 1.41. The molecular weight excluding hydrogens is 408 g/mol. The maximum Gasteiger partial charge on any atom is 0.289 e. The molecule has 2 fully saturated rings. The van der Waals surface area contributed by atoms with Crippen LogP contribution in [0.3, 0.4) is 0 Å². The van der Waals surface area contributed by atoms with E-state index in [0.29, 0.717) is 31.9 Å². The smallest absolute Gasteiger partial charge is 0.289 e. The molecule has 0 aliphatic carbocycles. The molecule has 0 spiro atoms. The summed E-state index contributed by atoms with van der Waals surface area (Å²) in [5, 5.41) is 0. The number of piperidine rings is 1. The Morgan fingerprint density at radius 1 is 1.19 bits per heavy atom. The van der Waals surface area contributed by atoms with Gasteiger partial charge in [0.05, 0.1) is 13.4 Å². The second kappa shape index (κ2) is 10.2. The van der Waals surface area contributed by atoms with Crippen LogP contribution in [0.5, 0.6) is 5.75 Å². The Labute approximate surface area is 189 Å². The summed E-state index contributed by atoms with van der Waals surface area (Å²) in [4.78, 5) is 29.6. The van der Waals surface area contributed by atoms with E-state index in [2.05, 4.69) is 6.07 Å². The van der Waals surface area contributed by atoms with Crippen molar-refractivity contribution in [2.24, 2.45) is 5.92 Å². The van der Waals surface area contributed by atoms with E-state index in [9.17, 15) is 9.59 Å². The summed E-state index contributed by atoms with van der Waals surface area (Å²) in [7, 11) is 3.50. The molecule has 3 heterocycles. The van der Waals surface area contributed by atoms with Crippen LogP contribution in [-0.4, -0.2) is 67.6 Å². The van der Waals surface area contributed by atoms with Gasteiger partial charge in [-0.05, 0) is 67.9 Å². The molecular formula is C25H32N2O5. The summed E-state index contributed by atoms with van der Waals surface area (Å²) in [6, 6.07) is 11.4. The summed E-state index contributed by atoms with van der Waals surface area (Å²) in [6.45, 7) is 2.07. The average Bonchev–Trinajstić information content (AvgIpc) is 3.56. The van der Waals surface area contributed by atoms with Crippen molar-refractivity contribution in [2.75, 3.05) is 33.9 Å². The molecule has 0 bridgehead atoms. The Hall–Kier alpha value is -2.80. The van der Waals surface area contributed by atoms with E-state index >= 15 is 0 Å². The lowest BCUT2D eigenvalue weighted by Crippen LogP contribution is -2.50. The molecule has 172 valence electrons. The fraction of sp³-hybridized carbons (Fsp3) is 0.520. The number of methoxy groups -OCH3 is 1. The lowest BCUT2D eigenvalue weighted by Gasteiger charge is -2.40. The van der Waals surface area contributed by atoms with E-state index < -0.39 is 0 Å². The van der Waals surface area contributed by atoms with Crippen LogP contribution in [0, 0.1) is 5.92 Å². The molecule has 7 heteroatoms. The largest absolute Gasteiger partial charge is 0.497 e. The average molecular weight is 441 g/mol. The van der Waals surface area contributed by atoms with E-state index in [1.807, 2.05) is 30.1 Å². The minimum atomic E-state index is -0.276. The van der Waals surface area contributed by atoms with Crippen molar-refractivity contribution in [3.05, 3.63) is 54.0 Å². The molecule has 0 N–H and O–H groups in total. The van der Waals surface area contributed by atoms with Gasteiger partial charge in [-0.3, -0.25) is 9.59 Å². The molecule has 32 heavy (non-hydrogen) atoms. The predicted molar refractivity (Wildman–Crippen MR) is 120 cm³/mol. The fourth-order valence-electron chi connectivity index (χ4n) is 4.87. The number of furan rings is 1. The van der Waals surface area contributed by atoms with Crippen molar-refractivity contribution >= 4 is 11.8 Å². The number of amides is 2. The minimum absolute atomic E-state index is 0.0142. The fourth-order valence-corrected chi connectivity index (χ4v) is 4.87. The molecule has 0 unspecified atom stereocenters. The van der Waals surface area contributed by atoms with Crippen molar-refractivity contribution in [1.82, 2.24) is 9.80 Å². The van der Waals surface area contributed by atoms with Gasteiger partial charge in [-0.25, -0.2) is 0 Å². The molecule has 4 rings (SSSR count). The number of rotatable bonds is 7. The monoisotopic (exact) mass is 440 g/mol. The van der Waals surface area contributed by atoms with Gasteiger partial charge in [-0.15, -0.1) is 0 Å². The topological polar surface area (TPSA) is 72.2 Å². The molecule has 2 saturated heterocycles. The van der Waals surface area contributed by atoms with Gasteiger partial charge in [0.25, 0.3) is 11.8 Å². The van der Waals surface area contributed by atoms with Crippen molar-refractivity contribution in [3.63, 3.8) is 0 Å². The molecule has 7 nitrogen and oxygen atoms in total. The number of likely N-dealkylation sites (N-methyl/N-ethyl adjacent to an activating group) is 1. The first-order valence-corrected chi connectivity index (χ1v) is 11.4. The van der Waals surface area contributed by atoms with Crippen LogP contribution in [0.15, 0.2) is 47.1 Å². The molecule has 1 aromatic carbocycles. The maximum atomic E-state index is 13.1. The highest BCUT2D eigenvalue weighted by atomic mass is 16.5. The van der Waals surface area contributed by atoms with E-state index in [0.717, 1.165) is 37.0 Å². The molecule has 2 aliphatic rings. The van der Waals surface area contributed by atoms with Crippen molar-refractivity contribution in [1.29, 1.82) is 0 Å². The Balaban J connectivity index is 1.48. The first kappa shape index (κ1) is 22.4. The van der Waals surface area contributed by atoms with Crippen LogP contribution in [0.25, 0.3) is 0 Å². The van der Waals surface area contributed by atoms with Gasteiger partial charge >= 0.3 is 0 Å². The SMILES string of the molecule is COc1cccc(C[C@@H](C2CCN(C(=O)[C@H]3CCCO3)CC2)N(C)C(=O)c2ccco2)c1. The number of hydrogen-bond donors (Lipinski definition) is 0. The number of benzene rings is 1. The first-order chi connectivity index (χ1) is 15.6. The lowest BCUT2D eigenvalue weighted by atomic mass is 9.84. The number of likely N-dealkylation sites (tertiary alicyclic amines) is 1. The number of carbonyl (C=O) groups is 2. The molecule has 2 amide bonds. The maximum absolute atomic E-state index is 13.1. The summed E-state index contributed by atoms with van der Waals surface area (Å²) in [6.07, 6.45) is 5.43. The number of nitrogens with zero attached hydrogens (tertiary/aromatic N) is 2. The van der Waals surface area contributed by atoms with Crippen LogP contribution >= 0.6 is 0 Å². The zero-order valence-corrected chi connectivity index (χ0v) is 18.9. The van der Waals surface area contributed by atoms with Gasteiger partial charge in [0.1, 0.15) is 11.9 Å². The third-order valence-electron chi connectivity index (χ3n) is 6.73. The van der Waals surface area contributed by atoms with E-state index in [4.69, 9.17) is 13.9 Å². The molecule has 0 saturated carbocycles. The van der Waals surface area contributed by atoms with Crippen molar-refractivity contribution < 1.29 is 23.5 Å². The number of hydrogen-bond acceptors (Lipinski definition) is 5. The Bertz CT molecular complexity index is 899. The van der Waals surface area contributed by atoms with Crippen LogP contribution in [0.1, 0.15) is 41.8 Å². The van der Waals surface area contributed by atoms with Gasteiger partial charge in [-0.1, -0.05) is 12.1 Å². The van der Waals surface area contributed by atoms with E-state index in [-0.39, 0.29) is 29.9 Å². The molecule has 1 aromatic heterocycles. The van der Waals surface area contributed by atoms with Crippen LogP contribution in [0.4, 0.5) is 0 Å². The standard InChI is InChI=1S/C25H32N2O5/c1-26(24(28)22-8-4-14-31-22)21(17-18-6-3-7-20(16-18)30-2)19-10-12-27(13-11-19)25(29)23-9-5-15-32-23/h3-4,6-8,14,16,19,21,23H,5,9-13,15,17H2,1-2H3/t21-,23+/m0/s1. The number of carbonyl (C=O) groups excluding carboxylic acids is 2. The first-order valence-electron chi connectivity index (χ1n) is 11.4. The normalized spacial score (nSPS) is 20.2. The van der Waals surface area contributed by atoms with E-state index in [1.165, 1.54) is 6.26 Å². The number of ether oxygens (including phenoxy) is 2. The zero-order valence-electron chi connectivity index (χ0n) is 18.9. The Kier molecular flexibility index (Phi) is 7.15. The van der Waals surface area contributed by atoms with Gasteiger partial charge in [0, 0.05) is 32.8 Å². The second-order valence-corrected chi connectivity index (χ2v) is 8.68. The van der Waals surface area contributed by atoms with Crippen LogP contribution in [0.2, 0.25) is 0 Å². The zero-order chi connectivity index (χ0) is 22.5. The quantitative estimate of drug-likeness (QED) is 0.660. The van der Waals surface area contributed by atoms with Crippen molar-refractivity contribution in [2.45, 2.75) is 44.2 Å². The summed E-state index contributed by atoms with van der Waals surface area (Å²) in [5.41, 5.74) is 1.12. The predicted octanol–water partition coefficient (Wildman–Crippen LogP) is 3.39. The third-order valence-corrected chi connectivity index (χ3v) is 6.73. The van der Waals surface area contributed by atoms with Crippen molar-refractivity contribution in [3.8, 4) is 5.75 Å². The van der Waals surface area contributed by atoms with Crippen LogP contribution in [-0.2, 0) is 16.0 Å². The third kappa shape index (κ3) is 4.99. The van der Waals surface area contributed by atoms with Gasteiger partial charge in [0.2, 0.25) is 0 Å². The summed E-state index contributed by atoms with van der Waals surface area (Å²) < 4.78 is 16.3. The minimum Gasteiger partial charge on any atom is -0.497 e. The Morgan fingerprint density at radius 2 is 2.00 bits per heavy atom. The summed E-state index contributed by atoms with van der Waals surface area (Å²) >= 11 is 0. The highest BCUT2D eigenvalue weighted by Gasteiger charge is 2.36. The molecule has 2 aliphatic heterocycles. The Morgan fingerprint density at radius 3 is 2.66 bits per heavy atom. The van der Waals surface area contributed by atoms with Gasteiger partial charge < -0.3 is 23.7 Å². The van der Waals surface area contributed by atoms with E-state index in [1.54, 1.807) is 24.1 Å². The highest BCUT2D eigenvalue weighted by molar-refractivity contribution is 5.91. The molecule has 0 radical (unpaired) electrons. The van der Waals surface area contributed by atoms with Gasteiger partial charge in [-0.2, -0.15) is 0 Å². The van der Waals surface area contributed by atoms with Gasteiger partial charge in [0.15, 0.2) is 5.76 Å².